The topological polar surface area (TPSA) is 68.1 Å². The third-order valence-corrected chi connectivity index (χ3v) is 2.88. The zero-order chi connectivity index (χ0) is 13.7. The first-order valence-electron chi connectivity index (χ1n) is 5.80. The quantitative estimate of drug-likeness (QED) is 0.491. The number of terminal acetylenes is 1. The number of nitro groups is 1. The minimum Gasteiger partial charge on any atom is -0.298 e. The molecule has 0 bridgehead atoms. The molecule has 1 unspecified atom stereocenters. The van der Waals surface area contributed by atoms with Crippen molar-refractivity contribution in [1.82, 2.24) is 10.3 Å². The average Bonchev–Trinajstić information content (AvgIpc) is 2.32. The second kappa shape index (κ2) is 6.12. The lowest BCUT2D eigenvalue weighted by atomic mass is 10.1. The fourth-order valence-electron chi connectivity index (χ4n) is 1.77. The molecule has 0 aromatic carbocycles. The Labute approximate surface area is 107 Å². The summed E-state index contributed by atoms with van der Waals surface area (Å²) in [5, 5.41) is 14.1. The first kappa shape index (κ1) is 14.1. The third-order valence-electron chi connectivity index (χ3n) is 2.88. The summed E-state index contributed by atoms with van der Waals surface area (Å²) >= 11 is 0. The van der Waals surface area contributed by atoms with E-state index < -0.39 is 0 Å². The number of aromatic nitrogens is 1. The van der Waals surface area contributed by atoms with Crippen LogP contribution < -0.4 is 5.32 Å². The smallest absolute Gasteiger partial charge is 0.278 e. The summed E-state index contributed by atoms with van der Waals surface area (Å²) in [6, 6.07) is -0.0356. The van der Waals surface area contributed by atoms with E-state index in [1.807, 2.05) is 6.92 Å². The molecule has 0 saturated carbocycles. The van der Waals surface area contributed by atoms with Gasteiger partial charge in [0.05, 0.1) is 16.7 Å². The molecule has 0 amide bonds. The van der Waals surface area contributed by atoms with Gasteiger partial charge in [0.1, 0.15) is 0 Å². The Morgan fingerprint density at radius 3 is 2.78 bits per heavy atom. The first-order chi connectivity index (χ1) is 8.51. The molecule has 0 aliphatic heterocycles. The molecule has 1 heterocycles. The van der Waals surface area contributed by atoms with Gasteiger partial charge in [0.15, 0.2) is 0 Å². The maximum absolute atomic E-state index is 11.0. The second-order valence-electron chi connectivity index (χ2n) is 4.13. The van der Waals surface area contributed by atoms with E-state index in [2.05, 4.69) is 16.2 Å². The van der Waals surface area contributed by atoms with Crippen molar-refractivity contribution in [3.8, 4) is 12.3 Å². The zero-order valence-electron chi connectivity index (χ0n) is 10.9. The van der Waals surface area contributed by atoms with E-state index in [0.29, 0.717) is 23.4 Å². The minimum atomic E-state index is -0.367. The molecule has 5 nitrogen and oxygen atoms in total. The van der Waals surface area contributed by atoms with Crippen LogP contribution in [-0.4, -0.2) is 15.9 Å². The van der Waals surface area contributed by atoms with Crippen molar-refractivity contribution in [2.45, 2.75) is 39.8 Å². The van der Waals surface area contributed by atoms with Crippen LogP contribution in [0.2, 0.25) is 0 Å². The largest absolute Gasteiger partial charge is 0.298 e. The highest BCUT2D eigenvalue weighted by Gasteiger charge is 2.18. The Morgan fingerprint density at radius 1 is 1.61 bits per heavy atom. The third kappa shape index (κ3) is 3.05. The van der Waals surface area contributed by atoms with Crippen molar-refractivity contribution in [3.63, 3.8) is 0 Å². The minimum absolute atomic E-state index is 0.0356. The molecule has 0 spiro atoms. The van der Waals surface area contributed by atoms with Crippen molar-refractivity contribution >= 4 is 5.69 Å². The molecule has 1 N–H and O–H groups in total. The highest BCUT2D eigenvalue weighted by atomic mass is 16.6. The molecule has 96 valence electrons. The predicted molar refractivity (Wildman–Crippen MR) is 70.1 cm³/mol. The molecule has 0 radical (unpaired) electrons. The summed E-state index contributed by atoms with van der Waals surface area (Å²) in [5.74, 6) is 2.62. The summed E-state index contributed by atoms with van der Waals surface area (Å²) in [7, 11) is 0. The van der Waals surface area contributed by atoms with Gasteiger partial charge in [-0.05, 0) is 20.3 Å². The lowest BCUT2D eigenvalue weighted by Gasteiger charge is -2.12. The van der Waals surface area contributed by atoms with Gasteiger partial charge in [-0.2, -0.15) is 0 Å². The highest BCUT2D eigenvalue weighted by Crippen LogP contribution is 2.23. The molecule has 0 fully saturated rings. The lowest BCUT2D eigenvalue weighted by molar-refractivity contribution is -0.386. The lowest BCUT2D eigenvalue weighted by Crippen LogP contribution is -2.27. The molecule has 1 aromatic heterocycles. The van der Waals surface area contributed by atoms with E-state index in [-0.39, 0.29) is 16.7 Å². The van der Waals surface area contributed by atoms with Gasteiger partial charge >= 0.3 is 0 Å². The molecule has 0 saturated heterocycles. The number of rotatable bonds is 5. The highest BCUT2D eigenvalue weighted by molar-refractivity contribution is 5.47. The van der Waals surface area contributed by atoms with Crippen LogP contribution in [0.3, 0.4) is 0 Å². The van der Waals surface area contributed by atoms with Crippen LogP contribution in [0, 0.1) is 36.3 Å². The number of nitrogens with zero attached hydrogens (tertiary/aromatic N) is 2. The van der Waals surface area contributed by atoms with E-state index in [4.69, 9.17) is 6.42 Å². The summed E-state index contributed by atoms with van der Waals surface area (Å²) in [6.07, 6.45) is 7.68. The molecular formula is C13H17N3O2. The summed E-state index contributed by atoms with van der Waals surface area (Å²) < 4.78 is 0. The van der Waals surface area contributed by atoms with Crippen LogP contribution in [-0.2, 0) is 6.54 Å². The summed E-state index contributed by atoms with van der Waals surface area (Å²) in [4.78, 5) is 14.8. The molecule has 18 heavy (non-hydrogen) atoms. The number of aryl methyl sites for hydroxylation is 1. The van der Waals surface area contributed by atoms with Gasteiger partial charge in [0, 0.05) is 23.9 Å². The number of nitrogens with one attached hydrogen (secondary N) is 1. The van der Waals surface area contributed by atoms with E-state index in [0.717, 1.165) is 6.42 Å². The maximum atomic E-state index is 11.0. The van der Waals surface area contributed by atoms with Crippen molar-refractivity contribution in [3.05, 3.63) is 33.1 Å². The fraction of sp³-hybridized carbons (Fsp3) is 0.462. The van der Waals surface area contributed by atoms with Gasteiger partial charge in [-0.3, -0.25) is 20.4 Å². The van der Waals surface area contributed by atoms with Crippen molar-refractivity contribution in [1.29, 1.82) is 0 Å². The monoisotopic (exact) mass is 247 g/mol. The van der Waals surface area contributed by atoms with E-state index in [1.165, 1.54) is 6.20 Å². The predicted octanol–water partition coefficient (Wildman–Crippen LogP) is 2.11. The SMILES string of the molecule is C#CC(CC)NCc1ncc(C)c([N+](=O)[O-])c1C. The van der Waals surface area contributed by atoms with Crippen LogP contribution >= 0.6 is 0 Å². The number of pyridine rings is 1. The number of hydrogen-bond acceptors (Lipinski definition) is 4. The van der Waals surface area contributed by atoms with Gasteiger partial charge in [0.25, 0.3) is 5.69 Å². The van der Waals surface area contributed by atoms with Crippen LogP contribution in [0.25, 0.3) is 0 Å². The van der Waals surface area contributed by atoms with Gasteiger partial charge < -0.3 is 0 Å². The molecule has 1 aromatic rings. The zero-order valence-corrected chi connectivity index (χ0v) is 10.9. The fourth-order valence-corrected chi connectivity index (χ4v) is 1.77. The van der Waals surface area contributed by atoms with Crippen LogP contribution in [0.1, 0.15) is 30.2 Å². The van der Waals surface area contributed by atoms with E-state index >= 15 is 0 Å². The second-order valence-corrected chi connectivity index (χ2v) is 4.13. The van der Waals surface area contributed by atoms with Gasteiger partial charge in [-0.15, -0.1) is 6.42 Å². The van der Waals surface area contributed by atoms with Crippen molar-refractivity contribution < 1.29 is 4.92 Å². The standard InChI is InChI=1S/C13H17N3O2/c1-5-11(6-2)14-8-12-10(4)13(16(17)18)9(3)7-15-12/h1,7,11,14H,6,8H2,2-4H3. The Balaban J connectivity index is 2.95. The van der Waals surface area contributed by atoms with Crippen LogP contribution in [0.15, 0.2) is 6.20 Å². The van der Waals surface area contributed by atoms with Crippen molar-refractivity contribution in [2.75, 3.05) is 0 Å². The molecule has 1 atom stereocenters. The Bertz CT molecular complexity index is 492. The molecule has 0 aliphatic rings. The Kier molecular flexibility index (Phi) is 4.81. The molecule has 1 rings (SSSR count). The normalized spacial score (nSPS) is 11.9. The van der Waals surface area contributed by atoms with Crippen LogP contribution in [0.5, 0.6) is 0 Å². The average molecular weight is 247 g/mol. The van der Waals surface area contributed by atoms with Crippen LogP contribution in [0.4, 0.5) is 5.69 Å². The molecular weight excluding hydrogens is 230 g/mol. The Hall–Kier alpha value is -1.93. The molecule has 0 aliphatic carbocycles. The molecule has 5 heteroatoms. The number of hydrogen-bond donors (Lipinski definition) is 1. The first-order valence-corrected chi connectivity index (χ1v) is 5.80. The Morgan fingerprint density at radius 2 is 2.28 bits per heavy atom. The van der Waals surface area contributed by atoms with Gasteiger partial charge in [-0.1, -0.05) is 12.8 Å². The van der Waals surface area contributed by atoms with Gasteiger partial charge in [0.2, 0.25) is 0 Å². The summed E-state index contributed by atoms with van der Waals surface area (Å²) in [5.41, 5.74) is 1.97. The van der Waals surface area contributed by atoms with E-state index in [9.17, 15) is 10.1 Å². The maximum Gasteiger partial charge on any atom is 0.278 e. The van der Waals surface area contributed by atoms with Crippen molar-refractivity contribution in [2.24, 2.45) is 0 Å². The summed E-state index contributed by atoms with van der Waals surface area (Å²) in [6.45, 7) is 5.82. The van der Waals surface area contributed by atoms with E-state index in [1.54, 1.807) is 13.8 Å². The van der Waals surface area contributed by atoms with Gasteiger partial charge in [-0.25, -0.2) is 0 Å².